The van der Waals surface area contributed by atoms with Gasteiger partial charge in [-0.3, -0.25) is 14.9 Å². The van der Waals surface area contributed by atoms with Crippen molar-refractivity contribution in [1.82, 2.24) is 24.8 Å². The number of aromatic nitrogens is 4. The van der Waals surface area contributed by atoms with Crippen LogP contribution in [0.25, 0.3) is 0 Å². The highest BCUT2D eigenvalue weighted by molar-refractivity contribution is 5.53. The number of methoxy groups -OCH3 is 1. The predicted molar refractivity (Wildman–Crippen MR) is 82.8 cm³/mol. The van der Waals surface area contributed by atoms with E-state index in [2.05, 4.69) is 30.2 Å². The Kier molecular flexibility index (Phi) is 4.87. The molecule has 1 N–H and O–H groups in total. The Bertz CT molecular complexity index is 594. The number of anilines is 2. The highest BCUT2D eigenvalue weighted by Gasteiger charge is 2.29. The standard InChI is InChI=1S/C15H20N6O/c1-22-10-9-21-8-2-3-12(21)14-15(19-7-6-18-14)20-13-11-16-4-5-17-13/h4-7,11-12H,2-3,8-10H2,1H3,(H,17,19,20). The lowest BCUT2D eigenvalue weighted by Gasteiger charge is -2.24. The molecule has 2 aromatic heterocycles. The van der Waals surface area contributed by atoms with E-state index in [1.165, 1.54) is 0 Å². The van der Waals surface area contributed by atoms with E-state index >= 15 is 0 Å². The van der Waals surface area contributed by atoms with Crippen LogP contribution in [-0.2, 0) is 4.74 Å². The van der Waals surface area contributed by atoms with Crippen LogP contribution in [-0.4, -0.2) is 51.6 Å². The third-order valence-electron chi connectivity index (χ3n) is 3.80. The molecule has 0 aliphatic carbocycles. The smallest absolute Gasteiger partial charge is 0.154 e. The minimum absolute atomic E-state index is 0.267. The van der Waals surface area contributed by atoms with E-state index in [0.717, 1.165) is 44.0 Å². The summed E-state index contributed by atoms with van der Waals surface area (Å²) < 4.78 is 5.20. The molecule has 0 bridgehead atoms. The zero-order valence-corrected chi connectivity index (χ0v) is 12.6. The van der Waals surface area contributed by atoms with Gasteiger partial charge in [-0.15, -0.1) is 0 Å². The lowest BCUT2D eigenvalue weighted by atomic mass is 10.1. The maximum Gasteiger partial charge on any atom is 0.154 e. The Morgan fingerprint density at radius 1 is 1.23 bits per heavy atom. The van der Waals surface area contributed by atoms with Crippen LogP contribution in [0.3, 0.4) is 0 Å². The van der Waals surface area contributed by atoms with Crippen molar-refractivity contribution in [2.75, 3.05) is 32.1 Å². The number of nitrogens with one attached hydrogen (secondary N) is 1. The number of hydrogen-bond acceptors (Lipinski definition) is 7. The summed E-state index contributed by atoms with van der Waals surface area (Å²) in [7, 11) is 1.73. The molecule has 0 saturated carbocycles. The van der Waals surface area contributed by atoms with E-state index in [0.29, 0.717) is 5.82 Å². The lowest BCUT2D eigenvalue weighted by molar-refractivity contribution is 0.140. The van der Waals surface area contributed by atoms with Crippen molar-refractivity contribution < 1.29 is 4.74 Å². The zero-order valence-electron chi connectivity index (χ0n) is 12.6. The van der Waals surface area contributed by atoms with Crippen LogP contribution >= 0.6 is 0 Å². The molecule has 0 amide bonds. The van der Waals surface area contributed by atoms with E-state index in [1.54, 1.807) is 38.1 Å². The molecule has 1 atom stereocenters. The van der Waals surface area contributed by atoms with E-state index < -0.39 is 0 Å². The summed E-state index contributed by atoms with van der Waals surface area (Å²) in [6.45, 7) is 2.70. The van der Waals surface area contributed by atoms with Gasteiger partial charge in [-0.05, 0) is 19.4 Å². The fourth-order valence-electron chi connectivity index (χ4n) is 2.79. The number of nitrogens with zero attached hydrogens (tertiary/aromatic N) is 5. The Balaban J connectivity index is 1.81. The first-order chi connectivity index (χ1) is 10.9. The summed E-state index contributed by atoms with van der Waals surface area (Å²) in [5.41, 5.74) is 0.960. The monoisotopic (exact) mass is 300 g/mol. The van der Waals surface area contributed by atoms with E-state index in [-0.39, 0.29) is 6.04 Å². The highest BCUT2D eigenvalue weighted by atomic mass is 16.5. The molecule has 1 unspecified atom stereocenters. The van der Waals surface area contributed by atoms with Crippen LogP contribution in [0.2, 0.25) is 0 Å². The largest absolute Gasteiger partial charge is 0.383 e. The molecular weight excluding hydrogens is 280 g/mol. The number of rotatable bonds is 6. The maximum atomic E-state index is 5.20. The topological polar surface area (TPSA) is 76.1 Å². The van der Waals surface area contributed by atoms with Gasteiger partial charge >= 0.3 is 0 Å². The summed E-state index contributed by atoms with van der Waals surface area (Å²) in [6, 6.07) is 0.267. The van der Waals surface area contributed by atoms with Crippen LogP contribution in [0.15, 0.2) is 31.0 Å². The molecule has 0 aromatic carbocycles. The van der Waals surface area contributed by atoms with Gasteiger partial charge in [0.2, 0.25) is 0 Å². The van der Waals surface area contributed by atoms with Crippen LogP contribution < -0.4 is 5.32 Å². The van der Waals surface area contributed by atoms with Crippen molar-refractivity contribution in [3.05, 3.63) is 36.7 Å². The second-order valence-electron chi connectivity index (χ2n) is 5.19. The van der Waals surface area contributed by atoms with Gasteiger partial charge in [-0.1, -0.05) is 0 Å². The molecule has 3 rings (SSSR count). The van der Waals surface area contributed by atoms with Crippen molar-refractivity contribution in [3.8, 4) is 0 Å². The van der Waals surface area contributed by atoms with Gasteiger partial charge in [-0.2, -0.15) is 0 Å². The van der Waals surface area contributed by atoms with Crippen molar-refractivity contribution >= 4 is 11.6 Å². The third-order valence-corrected chi connectivity index (χ3v) is 3.80. The molecule has 1 fully saturated rings. The molecule has 7 heteroatoms. The zero-order chi connectivity index (χ0) is 15.2. The van der Waals surface area contributed by atoms with Crippen molar-refractivity contribution in [2.45, 2.75) is 18.9 Å². The maximum absolute atomic E-state index is 5.20. The predicted octanol–water partition coefficient (Wildman–Crippen LogP) is 1.79. The first kappa shape index (κ1) is 14.8. The fourth-order valence-corrected chi connectivity index (χ4v) is 2.79. The Labute approximate surface area is 129 Å². The number of likely N-dealkylation sites (tertiary alicyclic amines) is 1. The van der Waals surface area contributed by atoms with E-state index in [4.69, 9.17) is 4.74 Å². The molecule has 0 radical (unpaired) electrons. The van der Waals surface area contributed by atoms with Gasteiger partial charge in [0.15, 0.2) is 5.82 Å². The van der Waals surface area contributed by atoms with Gasteiger partial charge in [0.25, 0.3) is 0 Å². The second kappa shape index (κ2) is 7.24. The van der Waals surface area contributed by atoms with Crippen molar-refractivity contribution in [2.24, 2.45) is 0 Å². The molecule has 7 nitrogen and oxygen atoms in total. The summed E-state index contributed by atoms with van der Waals surface area (Å²) in [5, 5.41) is 3.22. The Morgan fingerprint density at radius 2 is 2.09 bits per heavy atom. The Hall–Kier alpha value is -2.12. The molecule has 1 saturated heterocycles. The Morgan fingerprint density at radius 3 is 2.91 bits per heavy atom. The van der Waals surface area contributed by atoms with Gasteiger partial charge in [-0.25, -0.2) is 9.97 Å². The fraction of sp³-hybridized carbons (Fsp3) is 0.467. The van der Waals surface area contributed by atoms with Gasteiger partial charge in [0.05, 0.1) is 18.8 Å². The van der Waals surface area contributed by atoms with Crippen LogP contribution in [0.4, 0.5) is 11.6 Å². The first-order valence-electron chi connectivity index (χ1n) is 7.45. The summed E-state index contributed by atoms with van der Waals surface area (Å²) in [6.07, 6.45) is 10.6. The van der Waals surface area contributed by atoms with Crippen LogP contribution in [0.1, 0.15) is 24.6 Å². The van der Waals surface area contributed by atoms with Crippen molar-refractivity contribution in [1.29, 1.82) is 0 Å². The summed E-state index contributed by atoms with van der Waals surface area (Å²) in [5.74, 6) is 1.42. The molecule has 2 aromatic rings. The minimum atomic E-state index is 0.267. The lowest BCUT2D eigenvalue weighted by Crippen LogP contribution is -2.28. The van der Waals surface area contributed by atoms with E-state index in [9.17, 15) is 0 Å². The molecule has 1 aliphatic heterocycles. The van der Waals surface area contributed by atoms with Crippen LogP contribution in [0, 0.1) is 0 Å². The molecule has 1 aliphatic rings. The summed E-state index contributed by atoms with van der Waals surface area (Å²) >= 11 is 0. The van der Waals surface area contributed by atoms with Gasteiger partial charge in [0, 0.05) is 38.4 Å². The van der Waals surface area contributed by atoms with E-state index in [1.807, 2.05) is 0 Å². The molecule has 3 heterocycles. The highest BCUT2D eigenvalue weighted by Crippen LogP contribution is 2.33. The van der Waals surface area contributed by atoms with Gasteiger partial charge < -0.3 is 10.1 Å². The average molecular weight is 300 g/mol. The minimum Gasteiger partial charge on any atom is -0.383 e. The molecule has 22 heavy (non-hydrogen) atoms. The summed E-state index contributed by atoms with van der Waals surface area (Å²) in [4.78, 5) is 19.7. The number of ether oxygens (including phenoxy) is 1. The third kappa shape index (κ3) is 3.37. The molecule has 0 spiro atoms. The average Bonchev–Trinajstić information content (AvgIpc) is 3.03. The quantitative estimate of drug-likeness (QED) is 0.871. The number of hydrogen-bond donors (Lipinski definition) is 1. The van der Waals surface area contributed by atoms with Crippen LogP contribution in [0.5, 0.6) is 0 Å². The molecular formula is C15H20N6O. The molecule has 116 valence electrons. The van der Waals surface area contributed by atoms with Gasteiger partial charge in [0.1, 0.15) is 11.5 Å². The normalized spacial score (nSPS) is 18.5. The SMILES string of the molecule is COCCN1CCCC1c1nccnc1Nc1cnccn1. The first-order valence-corrected chi connectivity index (χ1v) is 7.45. The van der Waals surface area contributed by atoms with Crippen molar-refractivity contribution in [3.63, 3.8) is 0 Å². The second-order valence-corrected chi connectivity index (χ2v) is 5.19.